The Morgan fingerprint density at radius 2 is 1.93 bits per heavy atom. The summed E-state index contributed by atoms with van der Waals surface area (Å²) in [6, 6.07) is 5.84. The molecule has 0 amide bonds. The van der Waals surface area contributed by atoms with Crippen molar-refractivity contribution < 1.29 is 23.4 Å². The molecule has 0 heterocycles. The molecule has 0 unspecified atom stereocenters. The molecule has 1 N–H and O–H groups in total. The average Bonchev–Trinajstić information content (AvgIpc) is 2.18. The molecule has 0 bridgehead atoms. The fourth-order valence-corrected chi connectivity index (χ4v) is 0.985. The van der Waals surface area contributed by atoms with Gasteiger partial charge in [0.1, 0.15) is 5.75 Å². The van der Waals surface area contributed by atoms with Gasteiger partial charge in [-0.3, -0.25) is 0 Å². The molecule has 0 aromatic heterocycles. The molecule has 0 aliphatic heterocycles. The number of alkyl halides is 2. The van der Waals surface area contributed by atoms with Crippen LogP contribution in [0.4, 0.5) is 8.78 Å². The third-order valence-electron chi connectivity index (χ3n) is 1.83. The van der Waals surface area contributed by atoms with Gasteiger partial charge in [-0.15, -0.1) is 0 Å². The predicted molar refractivity (Wildman–Crippen MR) is 49.0 cm³/mol. The Morgan fingerprint density at radius 3 is 2.33 bits per heavy atom. The second kappa shape index (κ2) is 4.25. The van der Waals surface area contributed by atoms with E-state index >= 15 is 0 Å². The predicted octanol–water partition coefficient (Wildman–Crippen LogP) is 2.31. The Kier molecular flexibility index (Phi) is 3.24. The largest absolute Gasteiger partial charge is 0.501 e. The minimum atomic E-state index is -4.19. The first-order chi connectivity index (χ1) is 6.95. The molecule has 0 aliphatic carbocycles. The molecular formula is C10H10F2O3. The summed E-state index contributed by atoms with van der Waals surface area (Å²) in [5.41, 5.74) is 0.959. The summed E-state index contributed by atoms with van der Waals surface area (Å²) in [5, 5.41) is 8.13. The third-order valence-corrected chi connectivity index (χ3v) is 1.83. The van der Waals surface area contributed by atoms with Crippen LogP contribution in [0, 0.1) is 0 Å². The van der Waals surface area contributed by atoms with Crippen LogP contribution in [0.5, 0.6) is 5.75 Å². The van der Waals surface area contributed by atoms with Crippen LogP contribution < -0.4 is 4.74 Å². The van der Waals surface area contributed by atoms with Crippen molar-refractivity contribution in [1.29, 1.82) is 0 Å². The molecule has 0 fully saturated rings. The number of benzene rings is 1. The molecule has 15 heavy (non-hydrogen) atoms. The van der Waals surface area contributed by atoms with Gasteiger partial charge >= 0.3 is 12.1 Å². The summed E-state index contributed by atoms with van der Waals surface area (Å²) in [6.07, 6.45) is -3.41. The summed E-state index contributed by atoms with van der Waals surface area (Å²) >= 11 is 0. The first-order valence-corrected chi connectivity index (χ1v) is 4.35. The fraction of sp³-hybridized carbons (Fsp3) is 0.300. The van der Waals surface area contributed by atoms with E-state index in [1.807, 2.05) is 6.92 Å². The van der Waals surface area contributed by atoms with Gasteiger partial charge in [0.15, 0.2) is 0 Å². The molecule has 1 aromatic rings. The summed E-state index contributed by atoms with van der Waals surface area (Å²) in [6.45, 7) is 1.92. The van der Waals surface area contributed by atoms with Gasteiger partial charge < -0.3 is 9.84 Å². The van der Waals surface area contributed by atoms with Gasteiger partial charge in [-0.1, -0.05) is 19.1 Å². The summed E-state index contributed by atoms with van der Waals surface area (Å²) in [5.74, 6) is -2.47. The number of carboxylic acid groups (broad SMARTS) is 1. The maximum absolute atomic E-state index is 12.6. The number of ether oxygens (including phenoxy) is 1. The second-order valence-corrected chi connectivity index (χ2v) is 2.92. The van der Waals surface area contributed by atoms with E-state index in [0.29, 0.717) is 0 Å². The highest BCUT2D eigenvalue weighted by Crippen LogP contribution is 2.22. The lowest BCUT2D eigenvalue weighted by Crippen LogP contribution is -2.34. The molecule has 0 atom stereocenters. The quantitative estimate of drug-likeness (QED) is 0.839. The molecule has 0 saturated heterocycles. The SMILES string of the molecule is CCc1ccc(OC(F)(F)C(=O)O)cc1. The van der Waals surface area contributed by atoms with Crippen LogP contribution in [0.1, 0.15) is 12.5 Å². The minimum absolute atomic E-state index is 0.167. The Labute approximate surface area is 85.3 Å². The smallest absolute Gasteiger partial charge is 0.474 e. The normalized spacial score (nSPS) is 11.1. The maximum atomic E-state index is 12.6. The van der Waals surface area contributed by atoms with Crippen LogP contribution in [0.15, 0.2) is 24.3 Å². The van der Waals surface area contributed by atoms with Crippen LogP contribution in [0.2, 0.25) is 0 Å². The lowest BCUT2D eigenvalue weighted by Gasteiger charge is -2.13. The van der Waals surface area contributed by atoms with Crippen LogP contribution in [0.3, 0.4) is 0 Å². The number of aryl methyl sites for hydroxylation is 1. The van der Waals surface area contributed by atoms with Crippen LogP contribution in [0.25, 0.3) is 0 Å². The monoisotopic (exact) mass is 216 g/mol. The number of carbonyl (C=O) groups is 1. The molecule has 0 radical (unpaired) electrons. The van der Waals surface area contributed by atoms with E-state index in [1.165, 1.54) is 12.1 Å². The Bertz CT molecular complexity index is 346. The molecule has 82 valence electrons. The van der Waals surface area contributed by atoms with Gasteiger partial charge in [0.2, 0.25) is 0 Å². The van der Waals surface area contributed by atoms with Crippen molar-refractivity contribution in [3.05, 3.63) is 29.8 Å². The first kappa shape index (κ1) is 11.4. The van der Waals surface area contributed by atoms with Crippen LogP contribution >= 0.6 is 0 Å². The van der Waals surface area contributed by atoms with E-state index in [1.54, 1.807) is 12.1 Å². The molecule has 0 aliphatic rings. The van der Waals surface area contributed by atoms with E-state index in [2.05, 4.69) is 4.74 Å². The lowest BCUT2D eigenvalue weighted by atomic mass is 10.2. The summed E-state index contributed by atoms with van der Waals surface area (Å²) in [7, 11) is 0. The maximum Gasteiger partial charge on any atom is 0.501 e. The number of hydrogen-bond donors (Lipinski definition) is 1. The Morgan fingerprint density at radius 1 is 1.40 bits per heavy atom. The van der Waals surface area contributed by atoms with Crippen molar-refractivity contribution in [2.75, 3.05) is 0 Å². The standard InChI is InChI=1S/C10H10F2O3/c1-2-7-3-5-8(6-4-7)15-10(11,12)9(13)14/h3-6H,2H2,1H3,(H,13,14). The van der Waals surface area contributed by atoms with Gasteiger partial charge in [0.25, 0.3) is 0 Å². The Hall–Kier alpha value is -1.65. The highest BCUT2D eigenvalue weighted by Gasteiger charge is 2.42. The van der Waals surface area contributed by atoms with Gasteiger partial charge in [-0.25, -0.2) is 4.79 Å². The third kappa shape index (κ3) is 2.90. The highest BCUT2D eigenvalue weighted by atomic mass is 19.3. The zero-order valence-electron chi connectivity index (χ0n) is 8.04. The van der Waals surface area contributed by atoms with E-state index in [4.69, 9.17) is 5.11 Å². The van der Waals surface area contributed by atoms with Crippen molar-refractivity contribution in [3.8, 4) is 5.75 Å². The summed E-state index contributed by atoms with van der Waals surface area (Å²) < 4.78 is 29.2. The average molecular weight is 216 g/mol. The molecule has 3 nitrogen and oxygen atoms in total. The van der Waals surface area contributed by atoms with E-state index in [0.717, 1.165) is 12.0 Å². The van der Waals surface area contributed by atoms with Crippen LogP contribution in [-0.4, -0.2) is 17.2 Å². The molecular weight excluding hydrogens is 206 g/mol. The van der Waals surface area contributed by atoms with Crippen molar-refractivity contribution >= 4 is 5.97 Å². The zero-order chi connectivity index (χ0) is 11.5. The minimum Gasteiger partial charge on any atom is -0.474 e. The lowest BCUT2D eigenvalue weighted by molar-refractivity contribution is -0.210. The number of carboxylic acids is 1. The number of aliphatic carboxylic acids is 1. The van der Waals surface area contributed by atoms with E-state index in [9.17, 15) is 13.6 Å². The molecule has 1 rings (SSSR count). The number of rotatable bonds is 4. The van der Waals surface area contributed by atoms with E-state index < -0.39 is 12.1 Å². The van der Waals surface area contributed by atoms with Gasteiger partial charge in [0.05, 0.1) is 0 Å². The van der Waals surface area contributed by atoms with Gasteiger partial charge in [0, 0.05) is 0 Å². The highest BCUT2D eigenvalue weighted by molar-refractivity contribution is 5.73. The van der Waals surface area contributed by atoms with E-state index in [-0.39, 0.29) is 5.75 Å². The Balaban J connectivity index is 2.77. The van der Waals surface area contributed by atoms with Crippen LogP contribution in [-0.2, 0) is 11.2 Å². The molecule has 5 heteroatoms. The van der Waals surface area contributed by atoms with Crippen molar-refractivity contribution in [1.82, 2.24) is 0 Å². The van der Waals surface area contributed by atoms with Crippen molar-refractivity contribution in [2.24, 2.45) is 0 Å². The second-order valence-electron chi connectivity index (χ2n) is 2.92. The molecule has 0 saturated carbocycles. The van der Waals surface area contributed by atoms with Crippen molar-refractivity contribution in [3.63, 3.8) is 0 Å². The zero-order valence-corrected chi connectivity index (χ0v) is 8.04. The summed E-state index contributed by atoms with van der Waals surface area (Å²) in [4.78, 5) is 10.1. The van der Waals surface area contributed by atoms with Crippen molar-refractivity contribution in [2.45, 2.75) is 19.5 Å². The van der Waals surface area contributed by atoms with Gasteiger partial charge in [-0.2, -0.15) is 8.78 Å². The molecule has 1 aromatic carbocycles. The molecule has 0 spiro atoms. The first-order valence-electron chi connectivity index (χ1n) is 4.35. The number of hydrogen-bond acceptors (Lipinski definition) is 2. The fourth-order valence-electron chi connectivity index (χ4n) is 0.985. The number of halogens is 2. The van der Waals surface area contributed by atoms with Gasteiger partial charge in [-0.05, 0) is 24.1 Å². The topological polar surface area (TPSA) is 46.5 Å².